The number of carbonyl (C=O) groups is 2. The molecule has 1 fully saturated rings. The predicted octanol–water partition coefficient (Wildman–Crippen LogP) is 3.15. The third-order valence-electron chi connectivity index (χ3n) is 3.85. The molecule has 1 atom stereocenters. The molecule has 1 unspecified atom stereocenters. The molecule has 1 heterocycles. The van der Waals surface area contributed by atoms with Crippen LogP contribution >= 0.6 is 11.6 Å². The van der Waals surface area contributed by atoms with E-state index in [0.29, 0.717) is 23.7 Å². The third-order valence-corrected chi connectivity index (χ3v) is 4.20. The first-order chi connectivity index (χ1) is 11.7. The molecule has 0 spiro atoms. The lowest BCUT2D eigenvalue weighted by Gasteiger charge is -2.34. The third kappa shape index (κ3) is 3.51. The number of carbonyl (C=O) groups excluding carboxylic acids is 2. The zero-order valence-corrected chi connectivity index (χ0v) is 13.7. The monoisotopic (exact) mass is 344 g/mol. The normalized spacial score (nSPS) is 17.3. The molecule has 2 aromatic carbocycles. The minimum Gasteiger partial charge on any atom is -0.445 e. The fraction of sp³-hybridized carbons (Fsp3) is 0.222. The Kier molecular flexibility index (Phi) is 5.01. The first kappa shape index (κ1) is 16.3. The molecule has 24 heavy (non-hydrogen) atoms. The minimum atomic E-state index is -0.782. The van der Waals surface area contributed by atoms with E-state index in [-0.39, 0.29) is 12.5 Å². The van der Waals surface area contributed by atoms with E-state index in [4.69, 9.17) is 16.3 Å². The molecule has 0 aromatic heterocycles. The number of hydrogen-bond acceptors (Lipinski definition) is 3. The van der Waals surface area contributed by atoms with Gasteiger partial charge in [-0.15, -0.1) is 0 Å². The lowest BCUT2D eigenvalue weighted by atomic mass is 10.0. The van der Waals surface area contributed by atoms with Crippen molar-refractivity contribution in [2.24, 2.45) is 0 Å². The average Bonchev–Trinajstić information content (AvgIpc) is 2.61. The molecular formula is C18H17ClN2O3. The largest absolute Gasteiger partial charge is 0.445 e. The molecule has 1 aliphatic heterocycles. The molecule has 6 heteroatoms. The Bertz CT molecular complexity index is 736. The molecule has 0 aliphatic carbocycles. The Balaban J connectivity index is 1.77. The second-order valence-corrected chi connectivity index (χ2v) is 5.86. The topological polar surface area (TPSA) is 58.6 Å². The van der Waals surface area contributed by atoms with Gasteiger partial charge in [0.15, 0.2) is 0 Å². The predicted molar refractivity (Wildman–Crippen MR) is 90.5 cm³/mol. The van der Waals surface area contributed by atoms with Crippen molar-refractivity contribution in [1.29, 1.82) is 0 Å². The number of ether oxygens (including phenoxy) is 1. The Hall–Kier alpha value is -2.53. The van der Waals surface area contributed by atoms with Gasteiger partial charge >= 0.3 is 6.09 Å². The standard InChI is InChI=1S/C18H17ClN2O3/c19-15-9-5-4-8-14(15)16-17(22)20-10-11-21(16)18(23)24-12-13-6-2-1-3-7-13/h1-9,16H,10-12H2,(H,20,22). The van der Waals surface area contributed by atoms with Crippen molar-refractivity contribution in [1.82, 2.24) is 10.2 Å². The average molecular weight is 345 g/mol. The fourth-order valence-electron chi connectivity index (χ4n) is 2.67. The summed E-state index contributed by atoms with van der Waals surface area (Å²) in [5.74, 6) is -0.258. The lowest BCUT2D eigenvalue weighted by molar-refractivity contribution is -0.128. The van der Waals surface area contributed by atoms with E-state index in [1.807, 2.05) is 30.3 Å². The number of piperazine rings is 1. The Labute approximate surface area is 145 Å². The Morgan fingerprint density at radius 2 is 1.88 bits per heavy atom. The molecule has 0 saturated carbocycles. The van der Waals surface area contributed by atoms with Gasteiger partial charge in [0.05, 0.1) is 0 Å². The number of hydrogen-bond donors (Lipinski definition) is 1. The molecular weight excluding hydrogens is 328 g/mol. The second kappa shape index (κ2) is 7.36. The van der Waals surface area contributed by atoms with E-state index in [1.54, 1.807) is 24.3 Å². The van der Waals surface area contributed by atoms with E-state index >= 15 is 0 Å². The van der Waals surface area contributed by atoms with Crippen LogP contribution in [0.15, 0.2) is 54.6 Å². The fourth-order valence-corrected chi connectivity index (χ4v) is 2.91. The summed E-state index contributed by atoms with van der Waals surface area (Å²) in [7, 11) is 0. The minimum absolute atomic E-state index is 0.160. The van der Waals surface area contributed by atoms with Crippen LogP contribution in [0.2, 0.25) is 5.02 Å². The Morgan fingerprint density at radius 3 is 2.62 bits per heavy atom. The van der Waals surface area contributed by atoms with E-state index in [0.717, 1.165) is 5.56 Å². The van der Waals surface area contributed by atoms with Crippen molar-refractivity contribution in [3.8, 4) is 0 Å². The van der Waals surface area contributed by atoms with Crippen molar-refractivity contribution in [3.63, 3.8) is 0 Å². The number of rotatable bonds is 3. The van der Waals surface area contributed by atoms with Crippen molar-refractivity contribution < 1.29 is 14.3 Å². The van der Waals surface area contributed by atoms with E-state index < -0.39 is 12.1 Å². The van der Waals surface area contributed by atoms with Gasteiger partial charge in [0, 0.05) is 23.7 Å². The molecule has 0 radical (unpaired) electrons. The van der Waals surface area contributed by atoms with Gasteiger partial charge < -0.3 is 10.1 Å². The summed E-state index contributed by atoms with van der Waals surface area (Å²) in [5.41, 5.74) is 1.48. The molecule has 2 amide bonds. The van der Waals surface area contributed by atoms with E-state index in [9.17, 15) is 9.59 Å². The molecule has 3 rings (SSSR count). The van der Waals surface area contributed by atoms with Crippen molar-refractivity contribution in [3.05, 3.63) is 70.7 Å². The number of amides is 2. The van der Waals surface area contributed by atoms with E-state index in [2.05, 4.69) is 5.32 Å². The van der Waals surface area contributed by atoms with Gasteiger partial charge in [0.1, 0.15) is 12.6 Å². The summed E-state index contributed by atoms with van der Waals surface area (Å²) >= 11 is 6.21. The summed E-state index contributed by atoms with van der Waals surface area (Å²) in [6.45, 7) is 0.919. The van der Waals surface area contributed by atoms with Gasteiger partial charge in [-0.05, 0) is 11.6 Å². The van der Waals surface area contributed by atoms with Crippen LogP contribution in [-0.4, -0.2) is 30.0 Å². The van der Waals surface area contributed by atoms with Gasteiger partial charge in [0.25, 0.3) is 0 Å². The highest BCUT2D eigenvalue weighted by atomic mass is 35.5. The first-order valence-electron chi connectivity index (χ1n) is 7.66. The van der Waals surface area contributed by atoms with Crippen LogP contribution in [-0.2, 0) is 16.1 Å². The summed E-state index contributed by atoms with van der Waals surface area (Å²) in [5, 5.41) is 3.21. The van der Waals surface area contributed by atoms with Crippen LogP contribution in [0.25, 0.3) is 0 Å². The maximum Gasteiger partial charge on any atom is 0.411 e. The van der Waals surface area contributed by atoms with Gasteiger partial charge in [-0.2, -0.15) is 0 Å². The molecule has 0 bridgehead atoms. The number of halogens is 1. The van der Waals surface area contributed by atoms with Crippen LogP contribution in [0.4, 0.5) is 4.79 Å². The highest BCUT2D eigenvalue weighted by Crippen LogP contribution is 2.29. The van der Waals surface area contributed by atoms with Crippen molar-refractivity contribution in [2.45, 2.75) is 12.6 Å². The molecule has 1 aliphatic rings. The summed E-state index contributed by atoms with van der Waals surface area (Å²) in [4.78, 5) is 26.2. The van der Waals surface area contributed by atoms with Gasteiger partial charge in [-0.1, -0.05) is 60.1 Å². The highest BCUT2D eigenvalue weighted by Gasteiger charge is 2.36. The van der Waals surface area contributed by atoms with Crippen LogP contribution in [0.3, 0.4) is 0 Å². The zero-order chi connectivity index (χ0) is 16.9. The van der Waals surface area contributed by atoms with Gasteiger partial charge in [-0.25, -0.2) is 4.79 Å². The van der Waals surface area contributed by atoms with Crippen molar-refractivity contribution in [2.75, 3.05) is 13.1 Å². The highest BCUT2D eigenvalue weighted by molar-refractivity contribution is 6.31. The molecule has 1 N–H and O–H groups in total. The van der Waals surface area contributed by atoms with Gasteiger partial charge in [0.2, 0.25) is 5.91 Å². The smallest absolute Gasteiger partial charge is 0.411 e. The summed E-state index contributed by atoms with van der Waals surface area (Å²) < 4.78 is 5.37. The second-order valence-electron chi connectivity index (χ2n) is 5.45. The van der Waals surface area contributed by atoms with Crippen LogP contribution in [0.1, 0.15) is 17.2 Å². The van der Waals surface area contributed by atoms with Crippen LogP contribution < -0.4 is 5.32 Å². The Morgan fingerprint density at radius 1 is 1.17 bits per heavy atom. The van der Waals surface area contributed by atoms with Crippen LogP contribution in [0.5, 0.6) is 0 Å². The molecule has 2 aromatic rings. The zero-order valence-electron chi connectivity index (χ0n) is 12.9. The quantitative estimate of drug-likeness (QED) is 0.930. The van der Waals surface area contributed by atoms with Crippen LogP contribution in [0, 0.1) is 0 Å². The first-order valence-corrected chi connectivity index (χ1v) is 8.04. The molecule has 5 nitrogen and oxygen atoms in total. The lowest BCUT2D eigenvalue weighted by Crippen LogP contribution is -2.52. The molecule has 1 saturated heterocycles. The van der Waals surface area contributed by atoms with Crippen molar-refractivity contribution >= 4 is 23.6 Å². The van der Waals surface area contributed by atoms with E-state index in [1.165, 1.54) is 4.90 Å². The maximum absolute atomic E-state index is 12.5. The summed E-state index contributed by atoms with van der Waals surface area (Å²) in [6, 6.07) is 15.6. The maximum atomic E-state index is 12.5. The molecule has 124 valence electrons. The number of benzene rings is 2. The number of nitrogens with zero attached hydrogens (tertiary/aromatic N) is 1. The van der Waals surface area contributed by atoms with Gasteiger partial charge in [-0.3, -0.25) is 9.69 Å². The summed E-state index contributed by atoms with van der Waals surface area (Å²) in [6.07, 6.45) is -0.529. The number of nitrogens with one attached hydrogen (secondary N) is 1. The SMILES string of the molecule is O=C1NCCN(C(=O)OCc2ccccc2)C1c1ccccc1Cl.